The first kappa shape index (κ1) is 15.2. The summed E-state index contributed by atoms with van der Waals surface area (Å²) >= 11 is 0. The van der Waals surface area contributed by atoms with E-state index in [0.717, 1.165) is 18.5 Å². The van der Waals surface area contributed by atoms with Crippen LogP contribution in [0.4, 0.5) is 5.69 Å². The van der Waals surface area contributed by atoms with Gasteiger partial charge in [-0.1, -0.05) is 25.5 Å². The van der Waals surface area contributed by atoms with E-state index in [2.05, 4.69) is 29.0 Å². The summed E-state index contributed by atoms with van der Waals surface area (Å²) in [5.74, 6) is 0.0629. The third kappa shape index (κ3) is 3.67. The highest BCUT2D eigenvalue weighted by Gasteiger charge is 2.09. The van der Waals surface area contributed by atoms with Crippen molar-refractivity contribution >= 4 is 11.9 Å². The van der Waals surface area contributed by atoms with Crippen molar-refractivity contribution in [3.63, 3.8) is 0 Å². The fourth-order valence-electron chi connectivity index (χ4n) is 2.10. The number of aliphatic hydroxyl groups excluding tert-OH is 1. The Morgan fingerprint density at radius 2 is 1.95 bits per heavy atom. The molecule has 4 heteroatoms. The van der Waals surface area contributed by atoms with Crippen LogP contribution in [0.15, 0.2) is 35.5 Å². The molecule has 0 bridgehead atoms. The van der Waals surface area contributed by atoms with Gasteiger partial charge in [0.15, 0.2) is 0 Å². The molecular formula is C17H20N2O2. The number of pyridine rings is 1. The predicted octanol–water partition coefficient (Wildman–Crippen LogP) is 3.29. The number of rotatable bonds is 5. The van der Waals surface area contributed by atoms with Crippen LogP contribution in [-0.2, 0) is 13.0 Å². The quantitative estimate of drug-likeness (QED) is 0.828. The highest BCUT2D eigenvalue weighted by Crippen LogP contribution is 2.23. The maximum atomic E-state index is 10.0. The average Bonchev–Trinajstić information content (AvgIpc) is 2.50. The molecule has 0 aliphatic carbocycles. The minimum atomic E-state index is -0.183. The number of benzene rings is 1. The molecule has 0 amide bonds. The second-order valence-corrected chi connectivity index (χ2v) is 4.96. The first-order valence-corrected chi connectivity index (χ1v) is 7.07. The Morgan fingerprint density at radius 3 is 2.57 bits per heavy atom. The molecule has 0 aliphatic heterocycles. The number of aryl methyl sites for hydroxylation is 2. The van der Waals surface area contributed by atoms with Gasteiger partial charge in [0.2, 0.25) is 0 Å². The Morgan fingerprint density at radius 1 is 1.24 bits per heavy atom. The van der Waals surface area contributed by atoms with Crippen molar-refractivity contribution in [2.24, 2.45) is 4.99 Å². The highest BCUT2D eigenvalue weighted by molar-refractivity contribution is 5.87. The Labute approximate surface area is 124 Å². The number of aliphatic imine (C=N–C) groups is 1. The second-order valence-electron chi connectivity index (χ2n) is 4.96. The van der Waals surface area contributed by atoms with Crippen molar-refractivity contribution in [1.82, 2.24) is 4.98 Å². The Kier molecular flexibility index (Phi) is 5.06. The van der Waals surface area contributed by atoms with Gasteiger partial charge >= 0.3 is 0 Å². The number of aliphatic hydroxyl groups is 1. The zero-order valence-electron chi connectivity index (χ0n) is 12.4. The molecule has 21 heavy (non-hydrogen) atoms. The first-order chi connectivity index (χ1) is 10.2. The van der Waals surface area contributed by atoms with E-state index in [1.165, 1.54) is 5.56 Å². The number of hydrogen-bond donors (Lipinski definition) is 2. The summed E-state index contributed by atoms with van der Waals surface area (Å²) in [6, 6.07) is 8.01. The topological polar surface area (TPSA) is 65.7 Å². The van der Waals surface area contributed by atoms with Crippen LogP contribution in [0.3, 0.4) is 0 Å². The highest BCUT2D eigenvalue weighted by atomic mass is 16.3. The lowest BCUT2D eigenvalue weighted by atomic mass is 10.1. The fraction of sp³-hybridized carbons (Fsp3) is 0.294. The lowest BCUT2D eigenvalue weighted by Crippen LogP contribution is -1.97. The molecule has 0 spiro atoms. The second kappa shape index (κ2) is 6.99. The van der Waals surface area contributed by atoms with Crippen LogP contribution in [0.1, 0.15) is 35.7 Å². The fourth-order valence-corrected chi connectivity index (χ4v) is 2.10. The molecule has 0 atom stereocenters. The summed E-state index contributed by atoms with van der Waals surface area (Å²) in [4.78, 5) is 8.39. The number of aromatic nitrogens is 1. The van der Waals surface area contributed by atoms with Gasteiger partial charge in [-0.05, 0) is 31.0 Å². The SMILES string of the molecule is CCCc1ccc(N=Cc2c(CO)cnc(C)c2O)cc1. The molecule has 0 radical (unpaired) electrons. The molecule has 0 unspecified atom stereocenters. The Bertz CT molecular complexity index is 634. The molecule has 1 heterocycles. The number of aromatic hydroxyl groups is 1. The summed E-state index contributed by atoms with van der Waals surface area (Å²) in [6.45, 7) is 3.68. The molecule has 2 aromatic rings. The van der Waals surface area contributed by atoms with Crippen molar-refractivity contribution in [1.29, 1.82) is 0 Å². The molecule has 110 valence electrons. The van der Waals surface area contributed by atoms with Gasteiger partial charge in [0.05, 0.1) is 18.0 Å². The van der Waals surface area contributed by atoms with Gasteiger partial charge in [-0.2, -0.15) is 0 Å². The van der Waals surface area contributed by atoms with Gasteiger partial charge in [0, 0.05) is 23.5 Å². The smallest absolute Gasteiger partial charge is 0.145 e. The predicted molar refractivity (Wildman–Crippen MR) is 84.3 cm³/mol. The van der Waals surface area contributed by atoms with E-state index in [1.807, 2.05) is 12.1 Å². The van der Waals surface area contributed by atoms with E-state index >= 15 is 0 Å². The monoisotopic (exact) mass is 284 g/mol. The Hall–Kier alpha value is -2.20. The summed E-state index contributed by atoms with van der Waals surface area (Å²) in [6.07, 6.45) is 5.31. The van der Waals surface area contributed by atoms with E-state index in [9.17, 15) is 10.2 Å². The molecule has 0 aliphatic rings. The normalized spacial score (nSPS) is 11.2. The lowest BCUT2D eigenvalue weighted by molar-refractivity contribution is 0.280. The molecule has 2 N–H and O–H groups in total. The lowest BCUT2D eigenvalue weighted by Gasteiger charge is -2.07. The third-order valence-electron chi connectivity index (χ3n) is 3.35. The van der Waals surface area contributed by atoms with Crippen LogP contribution >= 0.6 is 0 Å². The molecular weight excluding hydrogens is 264 g/mol. The zero-order valence-corrected chi connectivity index (χ0v) is 12.4. The minimum Gasteiger partial charge on any atom is -0.505 e. The molecule has 1 aromatic heterocycles. The van der Waals surface area contributed by atoms with E-state index in [4.69, 9.17) is 0 Å². The minimum absolute atomic E-state index is 0.0629. The van der Waals surface area contributed by atoms with Gasteiger partial charge in [-0.15, -0.1) is 0 Å². The summed E-state index contributed by atoms with van der Waals surface area (Å²) in [5, 5.41) is 19.4. The molecule has 0 saturated heterocycles. The maximum absolute atomic E-state index is 10.0. The van der Waals surface area contributed by atoms with Crippen LogP contribution < -0.4 is 0 Å². The van der Waals surface area contributed by atoms with Gasteiger partial charge in [0.25, 0.3) is 0 Å². The zero-order chi connectivity index (χ0) is 15.2. The Balaban J connectivity index is 2.26. The van der Waals surface area contributed by atoms with Crippen LogP contribution in [0.25, 0.3) is 0 Å². The largest absolute Gasteiger partial charge is 0.505 e. The van der Waals surface area contributed by atoms with Crippen molar-refractivity contribution in [2.75, 3.05) is 0 Å². The average molecular weight is 284 g/mol. The summed E-state index contributed by atoms with van der Waals surface area (Å²) in [5.41, 5.74) is 3.70. The summed E-state index contributed by atoms with van der Waals surface area (Å²) in [7, 11) is 0. The summed E-state index contributed by atoms with van der Waals surface area (Å²) < 4.78 is 0. The molecule has 2 rings (SSSR count). The molecule has 0 saturated carbocycles. The number of nitrogens with zero attached hydrogens (tertiary/aromatic N) is 2. The van der Waals surface area contributed by atoms with E-state index < -0.39 is 0 Å². The van der Waals surface area contributed by atoms with E-state index in [0.29, 0.717) is 16.8 Å². The van der Waals surface area contributed by atoms with Crippen LogP contribution in [-0.4, -0.2) is 21.4 Å². The van der Waals surface area contributed by atoms with Crippen LogP contribution in [0.5, 0.6) is 5.75 Å². The maximum Gasteiger partial charge on any atom is 0.145 e. The van der Waals surface area contributed by atoms with Crippen molar-refractivity contribution < 1.29 is 10.2 Å². The van der Waals surface area contributed by atoms with Gasteiger partial charge in [-0.25, -0.2) is 0 Å². The third-order valence-corrected chi connectivity index (χ3v) is 3.35. The van der Waals surface area contributed by atoms with Crippen molar-refractivity contribution in [3.8, 4) is 5.75 Å². The molecule has 4 nitrogen and oxygen atoms in total. The van der Waals surface area contributed by atoms with E-state index in [1.54, 1.807) is 19.3 Å². The van der Waals surface area contributed by atoms with Gasteiger partial charge in [-0.3, -0.25) is 9.98 Å². The standard InChI is InChI=1S/C17H20N2O2/c1-3-4-13-5-7-15(8-6-13)19-10-16-14(11-20)9-18-12(2)17(16)21/h5-10,20-21H,3-4,11H2,1-2H3. The molecule has 0 fully saturated rings. The number of hydrogen-bond acceptors (Lipinski definition) is 4. The van der Waals surface area contributed by atoms with Gasteiger partial charge < -0.3 is 10.2 Å². The van der Waals surface area contributed by atoms with Crippen molar-refractivity contribution in [3.05, 3.63) is 52.8 Å². The van der Waals surface area contributed by atoms with Crippen LogP contribution in [0, 0.1) is 6.92 Å². The van der Waals surface area contributed by atoms with Crippen molar-refractivity contribution in [2.45, 2.75) is 33.3 Å². The van der Waals surface area contributed by atoms with Crippen LogP contribution in [0.2, 0.25) is 0 Å². The van der Waals surface area contributed by atoms with E-state index in [-0.39, 0.29) is 12.4 Å². The first-order valence-electron chi connectivity index (χ1n) is 7.07. The van der Waals surface area contributed by atoms with Gasteiger partial charge in [0.1, 0.15) is 5.75 Å². The molecule has 1 aromatic carbocycles.